The van der Waals surface area contributed by atoms with Gasteiger partial charge in [-0.3, -0.25) is 0 Å². The number of ether oxygens (including phenoxy) is 1. The van der Waals surface area contributed by atoms with Crippen LogP contribution in [0.2, 0.25) is 0 Å². The molecule has 0 heterocycles. The number of methoxy groups -OCH3 is 1. The summed E-state index contributed by atoms with van der Waals surface area (Å²) in [6.45, 7) is 8.10. The second kappa shape index (κ2) is 5.92. The fourth-order valence-electron chi connectivity index (χ4n) is 3.64. The molecule has 2 saturated carbocycles. The fourth-order valence-corrected chi connectivity index (χ4v) is 3.64. The maximum absolute atomic E-state index is 5.41. The summed E-state index contributed by atoms with van der Waals surface area (Å²) in [6, 6.07) is 1.31. The van der Waals surface area contributed by atoms with E-state index < -0.39 is 0 Å². The van der Waals surface area contributed by atoms with Crippen LogP contribution in [0.15, 0.2) is 0 Å². The van der Waals surface area contributed by atoms with Crippen LogP contribution in [-0.4, -0.2) is 25.8 Å². The molecule has 106 valence electrons. The van der Waals surface area contributed by atoms with E-state index >= 15 is 0 Å². The first kappa shape index (κ1) is 14.3. The van der Waals surface area contributed by atoms with E-state index in [2.05, 4.69) is 26.1 Å². The van der Waals surface area contributed by atoms with Crippen molar-refractivity contribution >= 4 is 0 Å². The molecule has 0 radical (unpaired) electrons. The summed E-state index contributed by atoms with van der Waals surface area (Å²) in [7, 11) is 1.83. The van der Waals surface area contributed by atoms with Crippen molar-refractivity contribution in [3.05, 3.63) is 0 Å². The third kappa shape index (κ3) is 3.71. The van der Waals surface area contributed by atoms with E-state index in [1.165, 1.54) is 38.5 Å². The summed E-state index contributed by atoms with van der Waals surface area (Å²) in [4.78, 5) is 0. The highest BCUT2D eigenvalue weighted by molar-refractivity contribution is 4.94. The predicted octanol–water partition coefficient (Wildman–Crippen LogP) is 3.61. The highest BCUT2D eigenvalue weighted by atomic mass is 16.5. The molecule has 0 aromatic rings. The van der Waals surface area contributed by atoms with Crippen LogP contribution in [0.5, 0.6) is 0 Å². The normalized spacial score (nSPS) is 31.3. The van der Waals surface area contributed by atoms with Crippen LogP contribution < -0.4 is 5.32 Å². The van der Waals surface area contributed by atoms with E-state index in [9.17, 15) is 0 Å². The third-order valence-corrected chi connectivity index (χ3v) is 4.84. The van der Waals surface area contributed by atoms with E-state index in [0.29, 0.717) is 17.5 Å². The van der Waals surface area contributed by atoms with Gasteiger partial charge >= 0.3 is 0 Å². The van der Waals surface area contributed by atoms with Gasteiger partial charge in [0.2, 0.25) is 0 Å². The van der Waals surface area contributed by atoms with Crippen molar-refractivity contribution in [1.29, 1.82) is 0 Å². The van der Waals surface area contributed by atoms with Crippen molar-refractivity contribution in [2.45, 2.75) is 71.4 Å². The van der Waals surface area contributed by atoms with Gasteiger partial charge in [0.05, 0.1) is 6.61 Å². The average molecular weight is 253 g/mol. The Labute approximate surface area is 113 Å². The minimum absolute atomic E-state index is 0.430. The van der Waals surface area contributed by atoms with Gasteiger partial charge in [0.15, 0.2) is 0 Å². The standard InChI is InChI=1S/C16H31NO/c1-16(2,3)13-7-5-6-8-14(13)17-15(11-18-4)12-9-10-12/h12-15,17H,5-11H2,1-4H3. The van der Waals surface area contributed by atoms with Crippen LogP contribution in [-0.2, 0) is 4.74 Å². The van der Waals surface area contributed by atoms with Gasteiger partial charge in [0.1, 0.15) is 0 Å². The topological polar surface area (TPSA) is 21.3 Å². The van der Waals surface area contributed by atoms with Crippen molar-refractivity contribution in [2.24, 2.45) is 17.3 Å². The number of hydrogen-bond donors (Lipinski definition) is 1. The molecule has 3 atom stereocenters. The molecule has 3 unspecified atom stereocenters. The lowest BCUT2D eigenvalue weighted by Crippen LogP contribution is -2.50. The van der Waals surface area contributed by atoms with Crippen LogP contribution in [0.4, 0.5) is 0 Å². The molecule has 0 aromatic carbocycles. The van der Waals surface area contributed by atoms with Crippen LogP contribution in [0.3, 0.4) is 0 Å². The maximum Gasteiger partial charge on any atom is 0.0618 e. The molecule has 2 fully saturated rings. The molecule has 0 amide bonds. The molecule has 2 heteroatoms. The average Bonchev–Trinajstić information content (AvgIpc) is 3.11. The molecule has 2 aliphatic rings. The summed E-state index contributed by atoms with van der Waals surface area (Å²) < 4.78 is 5.41. The fraction of sp³-hybridized carbons (Fsp3) is 1.00. The van der Waals surface area contributed by atoms with Gasteiger partial charge in [0.25, 0.3) is 0 Å². The summed E-state index contributed by atoms with van der Waals surface area (Å²) in [5.41, 5.74) is 0.430. The summed E-state index contributed by atoms with van der Waals surface area (Å²) in [5, 5.41) is 3.95. The predicted molar refractivity (Wildman–Crippen MR) is 76.7 cm³/mol. The van der Waals surface area contributed by atoms with E-state index in [-0.39, 0.29) is 0 Å². The minimum Gasteiger partial charge on any atom is -0.383 e. The second-order valence-electron chi connectivity index (χ2n) is 7.43. The molecule has 2 aliphatic carbocycles. The first-order valence-corrected chi connectivity index (χ1v) is 7.77. The monoisotopic (exact) mass is 253 g/mol. The number of hydrogen-bond acceptors (Lipinski definition) is 2. The minimum atomic E-state index is 0.430. The molecular weight excluding hydrogens is 222 g/mol. The van der Waals surface area contributed by atoms with Gasteiger partial charge in [-0.25, -0.2) is 0 Å². The highest BCUT2D eigenvalue weighted by Crippen LogP contribution is 2.40. The van der Waals surface area contributed by atoms with Gasteiger partial charge in [-0.15, -0.1) is 0 Å². The molecule has 2 rings (SSSR count). The molecule has 1 N–H and O–H groups in total. The van der Waals surface area contributed by atoms with E-state index in [1.54, 1.807) is 0 Å². The maximum atomic E-state index is 5.41. The lowest BCUT2D eigenvalue weighted by Gasteiger charge is -2.42. The third-order valence-electron chi connectivity index (χ3n) is 4.84. The Bertz CT molecular complexity index is 254. The van der Waals surface area contributed by atoms with Crippen molar-refractivity contribution < 1.29 is 4.74 Å². The first-order chi connectivity index (χ1) is 8.52. The van der Waals surface area contributed by atoms with Gasteiger partial charge in [0, 0.05) is 19.2 Å². The molecule has 0 aliphatic heterocycles. The lowest BCUT2D eigenvalue weighted by molar-refractivity contribution is 0.0951. The molecule has 18 heavy (non-hydrogen) atoms. The van der Waals surface area contributed by atoms with E-state index in [4.69, 9.17) is 4.74 Å². The van der Waals surface area contributed by atoms with E-state index in [0.717, 1.165) is 18.4 Å². The van der Waals surface area contributed by atoms with Crippen molar-refractivity contribution in [2.75, 3.05) is 13.7 Å². The smallest absolute Gasteiger partial charge is 0.0618 e. The first-order valence-electron chi connectivity index (χ1n) is 7.77. The van der Waals surface area contributed by atoms with Gasteiger partial charge in [-0.05, 0) is 42.9 Å². The molecule has 0 bridgehead atoms. The highest BCUT2D eigenvalue weighted by Gasteiger charge is 2.38. The molecule has 0 aromatic heterocycles. The number of nitrogens with one attached hydrogen (secondary N) is 1. The van der Waals surface area contributed by atoms with Crippen LogP contribution >= 0.6 is 0 Å². The number of rotatable bonds is 5. The van der Waals surface area contributed by atoms with Gasteiger partial charge < -0.3 is 10.1 Å². The summed E-state index contributed by atoms with van der Waals surface area (Å²) >= 11 is 0. The molecular formula is C16H31NO. The molecule has 0 spiro atoms. The van der Waals surface area contributed by atoms with Crippen LogP contribution in [0, 0.1) is 17.3 Å². The Kier molecular flexibility index (Phi) is 4.71. The Balaban J connectivity index is 1.95. The van der Waals surface area contributed by atoms with Gasteiger partial charge in [-0.2, -0.15) is 0 Å². The molecule has 2 nitrogen and oxygen atoms in total. The van der Waals surface area contributed by atoms with Gasteiger partial charge in [-0.1, -0.05) is 33.6 Å². The van der Waals surface area contributed by atoms with Crippen molar-refractivity contribution in [3.8, 4) is 0 Å². The van der Waals surface area contributed by atoms with Crippen molar-refractivity contribution in [1.82, 2.24) is 5.32 Å². The van der Waals surface area contributed by atoms with Crippen LogP contribution in [0.25, 0.3) is 0 Å². The largest absolute Gasteiger partial charge is 0.383 e. The zero-order valence-corrected chi connectivity index (χ0v) is 12.7. The summed E-state index contributed by atoms with van der Waals surface area (Å²) in [6.07, 6.45) is 8.36. The van der Waals surface area contributed by atoms with Crippen molar-refractivity contribution in [3.63, 3.8) is 0 Å². The second-order valence-corrected chi connectivity index (χ2v) is 7.43. The zero-order valence-electron chi connectivity index (χ0n) is 12.7. The Morgan fingerprint density at radius 3 is 2.33 bits per heavy atom. The summed E-state index contributed by atoms with van der Waals surface area (Å²) in [5.74, 6) is 1.71. The van der Waals surface area contributed by atoms with Crippen LogP contribution in [0.1, 0.15) is 59.3 Å². The van der Waals surface area contributed by atoms with E-state index in [1.807, 2.05) is 7.11 Å². The zero-order chi connectivity index (χ0) is 13.2. The lowest BCUT2D eigenvalue weighted by atomic mass is 9.69. The molecule has 0 saturated heterocycles. The SMILES string of the molecule is COCC(NC1CCCCC1C(C)(C)C)C1CC1. The Morgan fingerprint density at radius 1 is 1.11 bits per heavy atom. The Hall–Kier alpha value is -0.0800. The Morgan fingerprint density at radius 2 is 1.78 bits per heavy atom. The quantitative estimate of drug-likeness (QED) is 0.808.